The molecular weight excluding hydrogens is 363 g/mol. The van der Waals surface area contributed by atoms with E-state index in [1.54, 1.807) is 0 Å². The van der Waals surface area contributed by atoms with Crippen molar-refractivity contribution in [2.24, 2.45) is 0 Å². The molecule has 0 spiro atoms. The summed E-state index contributed by atoms with van der Waals surface area (Å²) in [5.41, 5.74) is -0.590. The molecule has 2 heterocycles. The van der Waals surface area contributed by atoms with Crippen LogP contribution >= 0.6 is 0 Å². The van der Waals surface area contributed by atoms with Gasteiger partial charge in [0.05, 0.1) is 29.5 Å². The van der Waals surface area contributed by atoms with Crippen LogP contribution < -0.4 is 10.1 Å². The number of nitrogens with zero attached hydrogens (tertiary/aromatic N) is 2. The Morgan fingerprint density at radius 3 is 2.78 bits per heavy atom. The van der Waals surface area contributed by atoms with Crippen molar-refractivity contribution in [3.8, 4) is 5.75 Å². The zero-order chi connectivity index (χ0) is 19.6. The van der Waals surface area contributed by atoms with E-state index in [-0.39, 0.29) is 54.4 Å². The number of imidazole rings is 1. The Kier molecular flexibility index (Phi) is 5.71. The molecule has 1 saturated heterocycles. The first-order valence-corrected chi connectivity index (χ1v) is 8.73. The van der Waals surface area contributed by atoms with Crippen molar-refractivity contribution in [3.63, 3.8) is 0 Å². The standard InChI is InChI=1S/C18H22F3N3O3/c1-11-5-13(25)6-12(23-11)9-27-14-7-15(18(19,20)21)17-16(8-14)22-10-24(17)3-4-26-2/h7-8,10-12,23H,3-6,9H2,1-2H3/t11-,12-/m0/s1. The maximum Gasteiger partial charge on any atom is 0.418 e. The summed E-state index contributed by atoms with van der Waals surface area (Å²) in [5, 5.41) is 3.22. The van der Waals surface area contributed by atoms with Gasteiger partial charge in [0, 0.05) is 44.6 Å². The summed E-state index contributed by atoms with van der Waals surface area (Å²) in [4.78, 5) is 15.8. The fourth-order valence-corrected chi connectivity index (χ4v) is 3.37. The molecule has 0 radical (unpaired) electrons. The van der Waals surface area contributed by atoms with Crippen LogP contribution in [0.4, 0.5) is 13.2 Å². The lowest BCUT2D eigenvalue weighted by Gasteiger charge is -2.27. The normalized spacial score (nSPS) is 21.0. The van der Waals surface area contributed by atoms with Gasteiger partial charge in [-0.2, -0.15) is 13.2 Å². The van der Waals surface area contributed by atoms with E-state index < -0.39 is 11.7 Å². The molecule has 2 aromatic rings. The van der Waals surface area contributed by atoms with E-state index in [0.29, 0.717) is 12.8 Å². The molecule has 148 valence electrons. The molecule has 0 aliphatic carbocycles. The molecule has 1 aromatic carbocycles. The minimum Gasteiger partial charge on any atom is -0.492 e. The van der Waals surface area contributed by atoms with Crippen LogP contribution in [0, 0.1) is 0 Å². The van der Waals surface area contributed by atoms with Gasteiger partial charge in [0.2, 0.25) is 0 Å². The lowest BCUT2D eigenvalue weighted by Crippen LogP contribution is -2.47. The molecule has 1 aromatic heterocycles. The van der Waals surface area contributed by atoms with Crippen LogP contribution in [0.25, 0.3) is 11.0 Å². The highest BCUT2D eigenvalue weighted by Crippen LogP contribution is 2.37. The lowest BCUT2D eigenvalue weighted by atomic mass is 9.99. The number of rotatable bonds is 6. The Hall–Kier alpha value is -2.13. The predicted molar refractivity (Wildman–Crippen MR) is 92.7 cm³/mol. The van der Waals surface area contributed by atoms with E-state index in [4.69, 9.17) is 9.47 Å². The van der Waals surface area contributed by atoms with Crippen molar-refractivity contribution in [2.75, 3.05) is 20.3 Å². The van der Waals surface area contributed by atoms with Crippen LogP contribution in [-0.4, -0.2) is 47.7 Å². The maximum absolute atomic E-state index is 13.6. The lowest BCUT2D eigenvalue weighted by molar-refractivity contribution is -0.136. The zero-order valence-corrected chi connectivity index (χ0v) is 15.2. The molecule has 1 N–H and O–H groups in total. The molecule has 0 bridgehead atoms. The molecule has 0 unspecified atom stereocenters. The van der Waals surface area contributed by atoms with E-state index in [9.17, 15) is 18.0 Å². The highest BCUT2D eigenvalue weighted by Gasteiger charge is 2.35. The third-order valence-electron chi connectivity index (χ3n) is 4.51. The van der Waals surface area contributed by atoms with E-state index in [1.807, 2.05) is 6.92 Å². The van der Waals surface area contributed by atoms with Gasteiger partial charge < -0.3 is 19.4 Å². The summed E-state index contributed by atoms with van der Waals surface area (Å²) in [5.74, 6) is 0.206. The molecule has 2 atom stereocenters. The molecule has 1 fully saturated rings. The van der Waals surface area contributed by atoms with Crippen LogP contribution in [0.15, 0.2) is 18.5 Å². The van der Waals surface area contributed by atoms with Crippen molar-refractivity contribution in [2.45, 2.75) is 44.6 Å². The smallest absolute Gasteiger partial charge is 0.418 e. The Bertz CT molecular complexity index is 819. The minimum absolute atomic E-state index is 0.00601. The topological polar surface area (TPSA) is 65.4 Å². The summed E-state index contributed by atoms with van der Waals surface area (Å²) < 4.78 is 52.7. The van der Waals surface area contributed by atoms with Gasteiger partial charge in [-0.1, -0.05) is 0 Å². The molecule has 0 amide bonds. The molecule has 1 aliphatic rings. The number of hydrogen-bond acceptors (Lipinski definition) is 5. The average molecular weight is 385 g/mol. The molecule has 6 nitrogen and oxygen atoms in total. The second-order valence-electron chi connectivity index (χ2n) is 6.79. The highest BCUT2D eigenvalue weighted by molar-refractivity contribution is 5.82. The first-order chi connectivity index (χ1) is 12.8. The summed E-state index contributed by atoms with van der Waals surface area (Å²) >= 11 is 0. The summed E-state index contributed by atoms with van der Waals surface area (Å²) in [6, 6.07) is 2.29. The van der Waals surface area contributed by atoms with E-state index in [0.717, 1.165) is 6.07 Å². The Morgan fingerprint density at radius 2 is 2.11 bits per heavy atom. The molecule has 1 aliphatic heterocycles. The third-order valence-corrected chi connectivity index (χ3v) is 4.51. The number of nitrogens with one attached hydrogen (secondary N) is 1. The number of benzene rings is 1. The Labute approximate surface area is 154 Å². The second-order valence-corrected chi connectivity index (χ2v) is 6.79. The summed E-state index contributed by atoms with van der Waals surface area (Å²) in [6.45, 7) is 2.55. The molecule has 3 rings (SSSR count). The largest absolute Gasteiger partial charge is 0.492 e. The number of carbonyl (C=O) groups is 1. The van der Waals surface area contributed by atoms with Crippen LogP contribution in [0.5, 0.6) is 5.75 Å². The van der Waals surface area contributed by atoms with Gasteiger partial charge in [-0.25, -0.2) is 4.98 Å². The van der Waals surface area contributed by atoms with Gasteiger partial charge in [0.15, 0.2) is 0 Å². The predicted octanol–water partition coefficient (Wildman–Crippen LogP) is 2.79. The van der Waals surface area contributed by atoms with Gasteiger partial charge in [-0.05, 0) is 13.0 Å². The van der Waals surface area contributed by atoms with Crippen LogP contribution in [0.2, 0.25) is 0 Å². The number of piperidine rings is 1. The fourth-order valence-electron chi connectivity index (χ4n) is 3.37. The third kappa shape index (κ3) is 4.59. The van der Waals surface area contributed by atoms with Gasteiger partial charge in [0.1, 0.15) is 18.1 Å². The summed E-state index contributed by atoms with van der Waals surface area (Å²) in [6.07, 6.45) is -2.41. The van der Waals surface area contributed by atoms with Crippen molar-refractivity contribution in [1.29, 1.82) is 0 Å². The van der Waals surface area contributed by atoms with Crippen LogP contribution in [-0.2, 0) is 22.3 Å². The van der Waals surface area contributed by atoms with Crippen molar-refractivity contribution < 1.29 is 27.4 Å². The molecule has 27 heavy (non-hydrogen) atoms. The van der Waals surface area contributed by atoms with Crippen molar-refractivity contribution in [1.82, 2.24) is 14.9 Å². The molecule has 0 saturated carbocycles. The molecular formula is C18H22F3N3O3. The SMILES string of the molecule is COCCn1cnc2cc(OC[C@@H]3CC(=O)C[C@H](C)N3)cc(C(F)(F)F)c21. The van der Waals surface area contributed by atoms with Gasteiger partial charge in [-0.15, -0.1) is 0 Å². The summed E-state index contributed by atoms with van der Waals surface area (Å²) in [7, 11) is 1.49. The quantitative estimate of drug-likeness (QED) is 0.828. The number of hydrogen-bond donors (Lipinski definition) is 1. The first-order valence-electron chi connectivity index (χ1n) is 8.73. The van der Waals surface area contributed by atoms with Crippen LogP contribution in [0.3, 0.4) is 0 Å². The zero-order valence-electron chi connectivity index (χ0n) is 15.2. The molecule has 9 heteroatoms. The maximum atomic E-state index is 13.6. The highest BCUT2D eigenvalue weighted by atomic mass is 19.4. The minimum atomic E-state index is -4.55. The number of aromatic nitrogens is 2. The van der Waals surface area contributed by atoms with E-state index in [2.05, 4.69) is 10.3 Å². The first kappa shape index (κ1) is 19.6. The number of carbonyl (C=O) groups excluding carboxylic acids is 1. The number of methoxy groups -OCH3 is 1. The number of Topliss-reactive ketones (excluding diaryl/α,β-unsaturated/α-hetero) is 1. The number of alkyl halides is 3. The van der Waals surface area contributed by atoms with E-state index >= 15 is 0 Å². The number of ketones is 1. The average Bonchev–Trinajstić information content (AvgIpc) is 2.98. The van der Waals surface area contributed by atoms with Gasteiger partial charge >= 0.3 is 6.18 Å². The second kappa shape index (κ2) is 7.85. The Morgan fingerprint density at radius 1 is 1.33 bits per heavy atom. The number of halogens is 3. The van der Waals surface area contributed by atoms with Crippen LogP contribution in [0.1, 0.15) is 25.3 Å². The van der Waals surface area contributed by atoms with Crippen molar-refractivity contribution >= 4 is 16.8 Å². The van der Waals surface area contributed by atoms with Gasteiger partial charge in [-0.3, -0.25) is 4.79 Å². The number of fused-ring (bicyclic) bond motifs is 1. The van der Waals surface area contributed by atoms with Crippen molar-refractivity contribution in [3.05, 3.63) is 24.0 Å². The van der Waals surface area contributed by atoms with E-state index in [1.165, 1.54) is 24.1 Å². The Balaban J connectivity index is 1.85. The monoisotopic (exact) mass is 385 g/mol. The van der Waals surface area contributed by atoms with Gasteiger partial charge in [0.25, 0.3) is 0 Å². The number of ether oxygens (including phenoxy) is 2. The fraction of sp³-hybridized carbons (Fsp3) is 0.556.